The molecule has 1 saturated heterocycles. The number of carbonyl (C=O) groups is 1. The summed E-state index contributed by atoms with van der Waals surface area (Å²) in [7, 11) is 4.27. The number of halogens is 2. The first-order valence-electron chi connectivity index (χ1n) is 15.8. The Bertz CT molecular complexity index is 1920. The molecule has 2 N–H and O–H groups in total. The van der Waals surface area contributed by atoms with E-state index in [-0.39, 0.29) is 0 Å². The summed E-state index contributed by atoms with van der Waals surface area (Å²) in [6.45, 7) is 3.97. The molecule has 1 fully saturated rings. The van der Waals surface area contributed by atoms with Crippen molar-refractivity contribution in [2.24, 2.45) is 0 Å². The first kappa shape index (κ1) is 31.0. The summed E-state index contributed by atoms with van der Waals surface area (Å²) in [5.74, 6) is -1.88. The standard InChI is InChI=1S/C36H35F2N7OS/c1-44-16-13-23(14-17-44)35-43-32(24-5-3-6-26(19-24)40-34(46)31-28(37)7-4-8-29(31)38)33(47-35)30-11-15-39-36(42-30)41-27-10-9-22-12-18-45(2)21-25(22)20-27/h3-11,15,19-20,23H,12-14,16-18,21H2,1-2H3,(H,40,46)(H,39,41,42). The zero-order valence-corrected chi connectivity index (χ0v) is 27.1. The van der Waals surface area contributed by atoms with E-state index in [9.17, 15) is 13.6 Å². The lowest BCUT2D eigenvalue weighted by Gasteiger charge is -2.27. The van der Waals surface area contributed by atoms with Gasteiger partial charge in [-0.1, -0.05) is 24.3 Å². The van der Waals surface area contributed by atoms with Gasteiger partial charge in [0.25, 0.3) is 5.91 Å². The fraction of sp³-hybridized carbons (Fsp3) is 0.278. The Balaban J connectivity index is 1.22. The highest BCUT2D eigenvalue weighted by molar-refractivity contribution is 7.15. The molecule has 11 heteroatoms. The number of piperidine rings is 1. The molecule has 0 spiro atoms. The van der Waals surface area contributed by atoms with Crippen LogP contribution in [0.4, 0.5) is 26.1 Å². The van der Waals surface area contributed by atoms with Crippen LogP contribution in [0.3, 0.4) is 0 Å². The third kappa shape index (κ3) is 6.78. The van der Waals surface area contributed by atoms with Gasteiger partial charge in [0.15, 0.2) is 0 Å². The summed E-state index contributed by atoms with van der Waals surface area (Å²) in [6, 6.07) is 18.8. The predicted octanol–water partition coefficient (Wildman–Crippen LogP) is 7.34. The van der Waals surface area contributed by atoms with Crippen LogP contribution in [0.2, 0.25) is 0 Å². The molecule has 47 heavy (non-hydrogen) atoms. The van der Waals surface area contributed by atoms with Crippen LogP contribution in [0.25, 0.3) is 21.8 Å². The zero-order valence-electron chi connectivity index (χ0n) is 26.3. The van der Waals surface area contributed by atoms with E-state index in [4.69, 9.17) is 9.97 Å². The lowest BCUT2D eigenvalue weighted by atomic mass is 9.98. The van der Waals surface area contributed by atoms with Crippen LogP contribution >= 0.6 is 11.3 Å². The second kappa shape index (κ2) is 13.3. The largest absolute Gasteiger partial charge is 0.324 e. The molecule has 0 atom stereocenters. The summed E-state index contributed by atoms with van der Waals surface area (Å²) in [4.78, 5) is 33.0. The molecule has 0 saturated carbocycles. The minimum Gasteiger partial charge on any atom is -0.324 e. The SMILES string of the molecule is CN1CCC(c2nc(-c3cccc(NC(=O)c4c(F)cccc4F)c3)c(-c3ccnc(Nc4ccc5c(c4)CN(C)CC5)n3)s2)CC1. The first-order chi connectivity index (χ1) is 22.8. The number of nitrogens with zero attached hydrogens (tertiary/aromatic N) is 5. The van der Waals surface area contributed by atoms with Gasteiger partial charge in [-0.3, -0.25) is 4.79 Å². The lowest BCUT2D eigenvalue weighted by molar-refractivity contribution is 0.101. The summed E-state index contributed by atoms with van der Waals surface area (Å²) in [6.07, 6.45) is 4.81. The molecule has 0 aliphatic carbocycles. The summed E-state index contributed by atoms with van der Waals surface area (Å²) in [5, 5.41) is 7.10. The van der Waals surface area contributed by atoms with E-state index in [0.717, 1.165) is 90.1 Å². The molecule has 0 bridgehead atoms. The number of benzene rings is 3. The number of nitrogens with one attached hydrogen (secondary N) is 2. The Morgan fingerprint density at radius 1 is 0.872 bits per heavy atom. The number of fused-ring (bicyclic) bond motifs is 1. The van der Waals surface area contributed by atoms with E-state index in [1.54, 1.807) is 35.7 Å². The highest BCUT2D eigenvalue weighted by Gasteiger charge is 2.26. The van der Waals surface area contributed by atoms with Crippen molar-refractivity contribution in [2.75, 3.05) is 44.4 Å². The van der Waals surface area contributed by atoms with Gasteiger partial charge in [-0.15, -0.1) is 11.3 Å². The number of hydrogen-bond acceptors (Lipinski definition) is 8. The molecule has 7 rings (SSSR count). The molecule has 240 valence electrons. The maximum Gasteiger partial charge on any atom is 0.261 e. The number of hydrogen-bond donors (Lipinski definition) is 2. The first-order valence-corrected chi connectivity index (χ1v) is 16.6. The predicted molar refractivity (Wildman–Crippen MR) is 182 cm³/mol. The molecule has 2 aliphatic rings. The van der Waals surface area contributed by atoms with E-state index >= 15 is 0 Å². The van der Waals surface area contributed by atoms with Crippen LogP contribution in [0.15, 0.2) is 72.9 Å². The van der Waals surface area contributed by atoms with Gasteiger partial charge in [-0.25, -0.2) is 23.7 Å². The number of aromatic nitrogens is 3. The molecule has 0 radical (unpaired) electrons. The molecule has 2 aromatic heterocycles. The van der Waals surface area contributed by atoms with Gasteiger partial charge in [0, 0.05) is 42.1 Å². The van der Waals surface area contributed by atoms with Gasteiger partial charge in [0.2, 0.25) is 5.95 Å². The Kier molecular flexibility index (Phi) is 8.76. The van der Waals surface area contributed by atoms with Gasteiger partial charge >= 0.3 is 0 Å². The summed E-state index contributed by atoms with van der Waals surface area (Å²) < 4.78 is 28.6. The van der Waals surface area contributed by atoms with Crippen molar-refractivity contribution in [1.29, 1.82) is 0 Å². The van der Waals surface area contributed by atoms with Gasteiger partial charge in [0.1, 0.15) is 17.2 Å². The monoisotopic (exact) mass is 651 g/mol. The fourth-order valence-corrected chi connectivity index (χ4v) is 7.47. The van der Waals surface area contributed by atoms with E-state index in [2.05, 4.69) is 57.7 Å². The average Bonchev–Trinajstić information content (AvgIpc) is 3.51. The van der Waals surface area contributed by atoms with E-state index < -0.39 is 23.1 Å². The molecule has 8 nitrogen and oxygen atoms in total. The molecule has 5 aromatic rings. The van der Waals surface area contributed by atoms with Crippen molar-refractivity contribution in [3.63, 3.8) is 0 Å². The van der Waals surface area contributed by atoms with Crippen molar-refractivity contribution >= 4 is 34.6 Å². The van der Waals surface area contributed by atoms with Crippen LogP contribution in [-0.2, 0) is 13.0 Å². The lowest BCUT2D eigenvalue weighted by Crippen LogP contribution is -2.29. The van der Waals surface area contributed by atoms with Crippen LogP contribution < -0.4 is 10.6 Å². The molecular weight excluding hydrogens is 617 g/mol. The van der Waals surface area contributed by atoms with Crippen molar-refractivity contribution in [3.8, 4) is 21.8 Å². The number of likely N-dealkylation sites (N-methyl/N-ethyl adjacent to an activating group) is 1. The van der Waals surface area contributed by atoms with E-state index in [1.807, 2.05) is 12.1 Å². The smallest absolute Gasteiger partial charge is 0.261 e. The van der Waals surface area contributed by atoms with Crippen molar-refractivity contribution in [1.82, 2.24) is 24.8 Å². The summed E-state index contributed by atoms with van der Waals surface area (Å²) >= 11 is 1.63. The summed E-state index contributed by atoms with van der Waals surface area (Å²) in [5.41, 5.74) is 5.61. The van der Waals surface area contributed by atoms with Crippen LogP contribution in [0, 0.1) is 11.6 Å². The molecule has 3 aromatic carbocycles. The van der Waals surface area contributed by atoms with Crippen LogP contribution in [0.5, 0.6) is 0 Å². The zero-order chi connectivity index (χ0) is 32.5. The van der Waals surface area contributed by atoms with Crippen molar-refractivity contribution in [3.05, 3.63) is 106 Å². The fourth-order valence-electron chi connectivity index (χ4n) is 6.24. The molecule has 0 unspecified atom stereocenters. The maximum atomic E-state index is 14.3. The Morgan fingerprint density at radius 2 is 1.66 bits per heavy atom. The Morgan fingerprint density at radius 3 is 2.47 bits per heavy atom. The minimum absolute atomic E-state index is 0.323. The second-order valence-corrected chi connectivity index (χ2v) is 13.3. The van der Waals surface area contributed by atoms with Crippen LogP contribution in [0.1, 0.15) is 45.3 Å². The topological polar surface area (TPSA) is 86.3 Å². The van der Waals surface area contributed by atoms with Crippen molar-refractivity contribution in [2.45, 2.75) is 31.7 Å². The average molecular weight is 652 g/mol. The highest BCUT2D eigenvalue weighted by Crippen LogP contribution is 2.41. The van der Waals surface area contributed by atoms with Gasteiger partial charge in [-0.05, 0) is 100 Å². The number of likely N-dealkylation sites (tertiary alicyclic amines) is 1. The number of amides is 1. The normalized spacial score (nSPS) is 15.7. The van der Waals surface area contributed by atoms with Gasteiger partial charge < -0.3 is 20.4 Å². The number of rotatable bonds is 7. The molecule has 1 amide bonds. The third-order valence-corrected chi connectivity index (χ3v) is 10.1. The maximum absolute atomic E-state index is 14.3. The Labute approximate surface area is 276 Å². The number of thiazole rings is 1. The molecular formula is C36H35F2N7OS. The van der Waals surface area contributed by atoms with E-state index in [1.165, 1.54) is 17.2 Å². The number of carbonyl (C=O) groups excluding carboxylic acids is 1. The molecule has 4 heterocycles. The third-order valence-electron chi connectivity index (χ3n) is 8.85. The minimum atomic E-state index is -0.917. The van der Waals surface area contributed by atoms with E-state index in [0.29, 0.717) is 17.6 Å². The van der Waals surface area contributed by atoms with Gasteiger partial charge in [0.05, 0.1) is 21.3 Å². The van der Waals surface area contributed by atoms with Gasteiger partial charge in [-0.2, -0.15) is 0 Å². The second-order valence-electron chi connectivity index (χ2n) is 12.3. The van der Waals surface area contributed by atoms with Crippen molar-refractivity contribution < 1.29 is 13.6 Å². The van der Waals surface area contributed by atoms with Crippen LogP contribution in [-0.4, -0.2) is 64.4 Å². The molecule has 2 aliphatic heterocycles. The highest BCUT2D eigenvalue weighted by atomic mass is 32.1. The Hall–Kier alpha value is -4.58. The number of anilines is 3. The quantitative estimate of drug-likeness (QED) is 0.191.